The maximum atomic E-state index is 13.1. The molecule has 0 heterocycles. The van der Waals surface area contributed by atoms with Gasteiger partial charge in [0, 0.05) is 19.6 Å². The zero-order valence-electron chi connectivity index (χ0n) is 12.0. The van der Waals surface area contributed by atoms with E-state index < -0.39 is 0 Å². The number of carbonyl (C=O) groups is 1. The fourth-order valence-corrected chi connectivity index (χ4v) is 1.96. The molecule has 0 bridgehead atoms. The molecule has 0 aromatic heterocycles. The molecular formula is C15H23FN2O. The first-order chi connectivity index (χ1) is 9.08. The molecule has 1 aromatic carbocycles. The van der Waals surface area contributed by atoms with E-state index in [2.05, 4.69) is 19.2 Å². The third-order valence-electron chi connectivity index (χ3n) is 2.94. The van der Waals surface area contributed by atoms with Crippen molar-refractivity contribution >= 4 is 6.03 Å². The SMILES string of the molecule is CCCN(CCC)C(=O)NCc1ccc(F)c(C)c1. The lowest BCUT2D eigenvalue weighted by Crippen LogP contribution is -2.40. The molecule has 19 heavy (non-hydrogen) atoms. The molecule has 0 atom stereocenters. The number of nitrogens with one attached hydrogen (secondary N) is 1. The zero-order valence-corrected chi connectivity index (χ0v) is 12.0. The summed E-state index contributed by atoms with van der Waals surface area (Å²) >= 11 is 0. The van der Waals surface area contributed by atoms with Crippen LogP contribution in [0.3, 0.4) is 0 Å². The molecule has 0 radical (unpaired) electrons. The molecule has 0 spiro atoms. The predicted octanol–water partition coefficient (Wildman–Crippen LogP) is 3.47. The van der Waals surface area contributed by atoms with Crippen LogP contribution in [0.25, 0.3) is 0 Å². The number of halogens is 1. The average molecular weight is 266 g/mol. The summed E-state index contributed by atoms with van der Waals surface area (Å²) in [4.78, 5) is 13.8. The number of rotatable bonds is 6. The van der Waals surface area contributed by atoms with Crippen molar-refractivity contribution in [2.75, 3.05) is 13.1 Å². The highest BCUT2D eigenvalue weighted by atomic mass is 19.1. The summed E-state index contributed by atoms with van der Waals surface area (Å²) in [6.45, 7) is 7.80. The molecule has 2 amide bonds. The highest BCUT2D eigenvalue weighted by molar-refractivity contribution is 5.74. The molecular weight excluding hydrogens is 243 g/mol. The fraction of sp³-hybridized carbons (Fsp3) is 0.533. The van der Waals surface area contributed by atoms with Gasteiger partial charge >= 0.3 is 6.03 Å². The molecule has 0 aliphatic heterocycles. The zero-order chi connectivity index (χ0) is 14.3. The molecule has 0 aliphatic carbocycles. The molecule has 0 fully saturated rings. The molecule has 3 nitrogen and oxygen atoms in total. The molecule has 1 aromatic rings. The van der Waals surface area contributed by atoms with Gasteiger partial charge in [0.25, 0.3) is 0 Å². The Kier molecular flexibility index (Phi) is 6.33. The van der Waals surface area contributed by atoms with E-state index in [-0.39, 0.29) is 11.8 Å². The highest BCUT2D eigenvalue weighted by Crippen LogP contribution is 2.09. The van der Waals surface area contributed by atoms with E-state index in [1.807, 2.05) is 4.90 Å². The van der Waals surface area contributed by atoms with Gasteiger partial charge in [-0.05, 0) is 37.0 Å². The van der Waals surface area contributed by atoms with Crippen molar-refractivity contribution in [1.29, 1.82) is 0 Å². The summed E-state index contributed by atoms with van der Waals surface area (Å²) in [6.07, 6.45) is 1.89. The second-order valence-corrected chi connectivity index (χ2v) is 4.73. The van der Waals surface area contributed by atoms with Crippen molar-refractivity contribution in [2.24, 2.45) is 0 Å². The smallest absolute Gasteiger partial charge is 0.317 e. The van der Waals surface area contributed by atoms with Crippen LogP contribution < -0.4 is 5.32 Å². The molecule has 0 saturated carbocycles. The van der Waals surface area contributed by atoms with Crippen LogP contribution in [0.4, 0.5) is 9.18 Å². The second kappa shape index (κ2) is 7.77. The first-order valence-corrected chi connectivity index (χ1v) is 6.86. The summed E-state index contributed by atoms with van der Waals surface area (Å²) in [5.74, 6) is -0.214. The lowest BCUT2D eigenvalue weighted by Gasteiger charge is -2.22. The number of hydrogen-bond acceptors (Lipinski definition) is 1. The van der Waals surface area contributed by atoms with Crippen LogP contribution in [-0.2, 0) is 6.54 Å². The Bertz CT molecular complexity index is 415. The van der Waals surface area contributed by atoms with Crippen LogP contribution in [0.2, 0.25) is 0 Å². The molecule has 1 rings (SSSR count). The van der Waals surface area contributed by atoms with Crippen molar-refractivity contribution in [3.8, 4) is 0 Å². The van der Waals surface area contributed by atoms with Crippen molar-refractivity contribution in [3.63, 3.8) is 0 Å². The van der Waals surface area contributed by atoms with Gasteiger partial charge in [-0.2, -0.15) is 0 Å². The van der Waals surface area contributed by atoms with E-state index in [1.54, 1.807) is 19.1 Å². The number of urea groups is 1. The van der Waals surface area contributed by atoms with Crippen LogP contribution in [0.1, 0.15) is 37.8 Å². The molecule has 0 saturated heterocycles. The van der Waals surface area contributed by atoms with Crippen LogP contribution in [0.5, 0.6) is 0 Å². The largest absolute Gasteiger partial charge is 0.334 e. The Balaban J connectivity index is 2.54. The van der Waals surface area contributed by atoms with E-state index in [4.69, 9.17) is 0 Å². The second-order valence-electron chi connectivity index (χ2n) is 4.73. The minimum Gasteiger partial charge on any atom is -0.334 e. The van der Waals surface area contributed by atoms with Crippen LogP contribution in [-0.4, -0.2) is 24.0 Å². The first-order valence-electron chi connectivity index (χ1n) is 6.86. The van der Waals surface area contributed by atoms with Crippen molar-refractivity contribution in [1.82, 2.24) is 10.2 Å². The maximum absolute atomic E-state index is 13.1. The summed E-state index contributed by atoms with van der Waals surface area (Å²) in [7, 11) is 0. The van der Waals surface area contributed by atoms with Gasteiger partial charge in [-0.3, -0.25) is 0 Å². The van der Waals surface area contributed by atoms with Gasteiger partial charge in [-0.15, -0.1) is 0 Å². The van der Waals surface area contributed by atoms with E-state index in [1.165, 1.54) is 6.07 Å². The summed E-state index contributed by atoms with van der Waals surface area (Å²) in [5.41, 5.74) is 1.52. The van der Waals surface area contributed by atoms with Crippen LogP contribution in [0, 0.1) is 12.7 Å². The molecule has 0 aliphatic rings. The number of carbonyl (C=O) groups excluding carboxylic acids is 1. The molecule has 106 valence electrons. The van der Waals surface area contributed by atoms with E-state index >= 15 is 0 Å². The van der Waals surface area contributed by atoms with Gasteiger partial charge in [0.1, 0.15) is 5.82 Å². The maximum Gasteiger partial charge on any atom is 0.317 e. The van der Waals surface area contributed by atoms with Crippen molar-refractivity contribution < 1.29 is 9.18 Å². The summed E-state index contributed by atoms with van der Waals surface area (Å²) in [5, 5.41) is 2.88. The fourth-order valence-electron chi connectivity index (χ4n) is 1.96. The number of aryl methyl sites for hydroxylation is 1. The number of nitrogens with zero attached hydrogens (tertiary/aromatic N) is 1. The van der Waals surface area contributed by atoms with Gasteiger partial charge in [0.15, 0.2) is 0 Å². The minimum absolute atomic E-state index is 0.0503. The Morgan fingerprint density at radius 3 is 2.42 bits per heavy atom. The van der Waals surface area contributed by atoms with Gasteiger partial charge < -0.3 is 10.2 Å². The molecule has 4 heteroatoms. The van der Waals surface area contributed by atoms with Gasteiger partial charge in [0.05, 0.1) is 0 Å². The summed E-state index contributed by atoms with van der Waals surface area (Å²) < 4.78 is 13.1. The third kappa shape index (κ3) is 4.89. The Morgan fingerprint density at radius 1 is 1.26 bits per heavy atom. The first kappa shape index (κ1) is 15.5. The number of amides is 2. The Hall–Kier alpha value is -1.58. The quantitative estimate of drug-likeness (QED) is 0.840. The Labute approximate surface area is 114 Å². The van der Waals surface area contributed by atoms with E-state index in [0.29, 0.717) is 12.1 Å². The topological polar surface area (TPSA) is 32.3 Å². The van der Waals surface area contributed by atoms with Gasteiger partial charge in [-0.1, -0.05) is 26.0 Å². The van der Waals surface area contributed by atoms with E-state index in [9.17, 15) is 9.18 Å². The summed E-state index contributed by atoms with van der Waals surface area (Å²) in [6, 6.07) is 4.85. The van der Waals surface area contributed by atoms with Crippen LogP contribution in [0.15, 0.2) is 18.2 Å². The minimum atomic E-state index is -0.214. The van der Waals surface area contributed by atoms with Gasteiger partial charge in [-0.25, -0.2) is 9.18 Å². The van der Waals surface area contributed by atoms with Crippen molar-refractivity contribution in [3.05, 3.63) is 35.1 Å². The van der Waals surface area contributed by atoms with E-state index in [0.717, 1.165) is 31.5 Å². The highest BCUT2D eigenvalue weighted by Gasteiger charge is 2.10. The van der Waals surface area contributed by atoms with Crippen molar-refractivity contribution in [2.45, 2.75) is 40.2 Å². The van der Waals surface area contributed by atoms with Gasteiger partial charge in [0.2, 0.25) is 0 Å². The number of hydrogen-bond donors (Lipinski definition) is 1. The lowest BCUT2D eigenvalue weighted by atomic mass is 10.1. The predicted molar refractivity (Wildman–Crippen MR) is 75.5 cm³/mol. The third-order valence-corrected chi connectivity index (χ3v) is 2.94. The monoisotopic (exact) mass is 266 g/mol. The normalized spacial score (nSPS) is 10.3. The number of benzene rings is 1. The van der Waals surface area contributed by atoms with Crippen LogP contribution >= 0.6 is 0 Å². The molecule has 0 unspecified atom stereocenters. The average Bonchev–Trinajstić information content (AvgIpc) is 2.39. The Morgan fingerprint density at radius 2 is 1.89 bits per heavy atom. The lowest BCUT2D eigenvalue weighted by molar-refractivity contribution is 0.197. The standard InChI is InChI=1S/C15H23FN2O/c1-4-8-18(9-5-2)15(19)17-11-13-6-7-14(16)12(3)10-13/h6-7,10H,4-5,8-9,11H2,1-3H3,(H,17,19). The molecule has 1 N–H and O–H groups in total.